The van der Waals surface area contributed by atoms with Gasteiger partial charge in [-0.2, -0.15) is 0 Å². The van der Waals surface area contributed by atoms with Gasteiger partial charge in [-0.05, 0) is 66.8 Å². The number of carbonyl (C=O) groups excluding carboxylic acids is 2. The smallest absolute Gasteiger partial charge is 0.270 e. The molecule has 1 aliphatic rings. The Morgan fingerprint density at radius 1 is 0.912 bits per heavy atom. The van der Waals surface area contributed by atoms with Crippen LogP contribution in [0, 0.1) is 0 Å². The van der Waals surface area contributed by atoms with Crippen LogP contribution in [0.1, 0.15) is 5.56 Å². The first-order chi connectivity index (χ1) is 16.5. The van der Waals surface area contributed by atoms with Crippen molar-refractivity contribution < 1.29 is 14.3 Å². The van der Waals surface area contributed by atoms with Crippen LogP contribution in [-0.2, 0) is 9.59 Å². The van der Waals surface area contributed by atoms with Crippen molar-refractivity contribution in [3.63, 3.8) is 0 Å². The molecular weight excluding hydrogens is 470 g/mol. The maximum Gasteiger partial charge on any atom is 0.270 e. The molecule has 0 aliphatic carbocycles. The maximum absolute atomic E-state index is 13.3. The quantitative estimate of drug-likeness (QED) is 0.178. The lowest BCUT2D eigenvalue weighted by Crippen LogP contribution is -2.54. The van der Waals surface area contributed by atoms with Crippen LogP contribution in [0.2, 0.25) is 5.15 Å². The van der Waals surface area contributed by atoms with E-state index in [9.17, 15) is 9.59 Å². The number of halogens is 1. The van der Waals surface area contributed by atoms with Gasteiger partial charge in [-0.25, -0.2) is 4.98 Å². The van der Waals surface area contributed by atoms with E-state index in [1.54, 1.807) is 30.3 Å². The Kier molecular flexibility index (Phi) is 5.79. The number of fused-ring (bicyclic) bond motifs is 1. The van der Waals surface area contributed by atoms with Gasteiger partial charge in [0.25, 0.3) is 11.8 Å². The minimum atomic E-state index is -0.598. The third kappa shape index (κ3) is 4.26. The van der Waals surface area contributed by atoms with Crippen molar-refractivity contribution in [2.45, 2.75) is 0 Å². The van der Waals surface area contributed by atoms with E-state index in [1.807, 2.05) is 54.6 Å². The number of carbonyl (C=O) groups is 2. The highest BCUT2D eigenvalue weighted by atomic mass is 35.5. The van der Waals surface area contributed by atoms with Crippen LogP contribution in [0.3, 0.4) is 0 Å². The van der Waals surface area contributed by atoms with Crippen LogP contribution < -0.4 is 15.0 Å². The average molecular weight is 486 g/mol. The van der Waals surface area contributed by atoms with Crippen molar-refractivity contribution in [1.82, 2.24) is 10.3 Å². The maximum atomic E-state index is 13.3. The van der Waals surface area contributed by atoms with Gasteiger partial charge in [0, 0.05) is 10.9 Å². The fraction of sp³-hybridized carbons (Fsp3) is 0. The molecule has 1 aromatic heterocycles. The third-order valence-electron chi connectivity index (χ3n) is 5.18. The van der Waals surface area contributed by atoms with E-state index in [-0.39, 0.29) is 15.8 Å². The number of pyridine rings is 1. The molecule has 1 aliphatic heterocycles. The number of aromatic nitrogens is 1. The second-order valence-electron chi connectivity index (χ2n) is 7.43. The summed E-state index contributed by atoms with van der Waals surface area (Å²) in [7, 11) is 0. The lowest BCUT2D eigenvalue weighted by Gasteiger charge is -2.29. The number of hydrogen-bond acceptors (Lipinski definition) is 5. The number of para-hydroxylation sites is 2. The second-order valence-corrected chi connectivity index (χ2v) is 8.17. The molecule has 4 aromatic rings. The van der Waals surface area contributed by atoms with Crippen LogP contribution in [0.4, 0.5) is 5.69 Å². The Morgan fingerprint density at radius 2 is 1.59 bits per heavy atom. The topological polar surface area (TPSA) is 71.5 Å². The normalized spacial score (nSPS) is 15.0. The number of rotatable bonds is 4. The SMILES string of the molecule is O=C1NC(=S)N(c2ccc(Oc3ccccc3)cc2)C(=O)C1=Cc1cc2ccccc2nc1Cl. The summed E-state index contributed by atoms with van der Waals surface area (Å²) in [4.78, 5) is 31.6. The van der Waals surface area contributed by atoms with E-state index in [0.717, 1.165) is 10.9 Å². The van der Waals surface area contributed by atoms with E-state index in [0.29, 0.717) is 22.7 Å². The van der Waals surface area contributed by atoms with Crippen molar-refractivity contribution in [3.8, 4) is 11.5 Å². The van der Waals surface area contributed by atoms with E-state index in [1.165, 1.54) is 11.0 Å². The molecule has 0 saturated carbocycles. The van der Waals surface area contributed by atoms with E-state index < -0.39 is 11.8 Å². The minimum Gasteiger partial charge on any atom is -0.457 e. The van der Waals surface area contributed by atoms with Crippen LogP contribution in [-0.4, -0.2) is 21.9 Å². The van der Waals surface area contributed by atoms with E-state index in [2.05, 4.69) is 10.3 Å². The standard InChI is InChI=1S/C26H16ClN3O3S/c27-23-17(14-16-6-4-5-9-22(16)28-23)15-21-24(31)29-26(34)30(25(21)32)18-10-12-20(13-11-18)33-19-7-2-1-3-8-19/h1-15H,(H,29,31,34). The van der Waals surface area contributed by atoms with E-state index in [4.69, 9.17) is 28.6 Å². The summed E-state index contributed by atoms with van der Waals surface area (Å²) < 4.78 is 5.80. The number of thiocarbonyl (C=S) groups is 1. The van der Waals surface area contributed by atoms with Gasteiger partial charge in [0.05, 0.1) is 11.2 Å². The fourth-order valence-corrected chi connectivity index (χ4v) is 4.03. The molecule has 8 heteroatoms. The molecule has 1 fully saturated rings. The molecule has 0 radical (unpaired) electrons. The molecule has 1 N–H and O–H groups in total. The first-order valence-corrected chi connectivity index (χ1v) is 11.1. The first kappa shape index (κ1) is 21.8. The molecule has 3 aromatic carbocycles. The molecule has 0 atom stereocenters. The number of nitrogens with zero attached hydrogens (tertiary/aromatic N) is 2. The molecule has 34 heavy (non-hydrogen) atoms. The van der Waals surface area contributed by atoms with Gasteiger partial charge in [0.2, 0.25) is 0 Å². The van der Waals surface area contributed by atoms with Crippen molar-refractivity contribution in [1.29, 1.82) is 0 Å². The van der Waals surface area contributed by atoms with Gasteiger partial charge in [-0.15, -0.1) is 0 Å². The highest BCUT2D eigenvalue weighted by Crippen LogP contribution is 2.28. The van der Waals surface area contributed by atoms with Gasteiger partial charge in [-0.1, -0.05) is 48.0 Å². The number of benzene rings is 3. The lowest BCUT2D eigenvalue weighted by molar-refractivity contribution is -0.122. The van der Waals surface area contributed by atoms with Gasteiger partial charge in [0.15, 0.2) is 5.11 Å². The molecule has 2 heterocycles. The zero-order valence-electron chi connectivity index (χ0n) is 17.6. The molecule has 1 saturated heterocycles. The predicted octanol–water partition coefficient (Wildman–Crippen LogP) is 5.51. The Labute approximate surface area is 205 Å². The Morgan fingerprint density at radius 3 is 2.35 bits per heavy atom. The summed E-state index contributed by atoms with van der Waals surface area (Å²) in [6, 6.07) is 25.4. The Hall–Kier alpha value is -4.07. The summed E-state index contributed by atoms with van der Waals surface area (Å²) in [5, 5.41) is 3.59. The summed E-state index contributed by atoms with van der Waals surface area (Å²) in [5.41, 5.74) is 1.56. The largest absolute Gasteiger partial charge is 0.457 e. The fourth-order valence-electron chi connectivity index (χ4n) is 3.55. The summed E-state index contributed by atoms with van der Waals surface area (Å²) >= 11 is 11.6. The van der Waals surface area contributed by atoms with Crippen LogP contribution >= 0.6 is 23.8 Å². The lowest BCUT2D eigenvalue weighted by atomic mass is 10.1. The molecule has 6 nitrogen and oxygen atoms in total. The van der Waals surface area contributed by atoms with Crippen LogP contribution in [0.25, 0.3) is 17.0 Å². The van der Waals surface area contributed by atoms with Crippen molar-refractivity contribution >= 4 is 63.4 Å². The molecule has 2 amide bonds. The van der Waals surface area contributed by atoms with Crippen LogP contribution in [0.15, 0.2) is 90.5 Å². The Bertz CT molecular complexity index is 1470. The average Bonchev–Trinajstić information content (AvgIpc) is 2.83. The molecule has 0 bridgehead atoms. The van der Waals surface area contributed by atoms with E-state index >= 15 is 0 Å². The molecule has 166 valence electrons. The first-order valence-electron chi connectivity index (χ1n) is 10.3. The minimum absolute atomic E-state index is 0.00777. The third-order valence-corrected chi connectivity index (χ3v) is 5.77. The number of nitrogens with one attached hydrogen (secondary N) is 1. The number of hydrogen-bond donors (Lipinski definition) is 1. The molecule has 0 spiro atoms. The molecular formula is C26H16ClN3O3S. The summed E-state index contributed by atoms with van der Waals surface area (Å²) in [5.74, 6) is 0.131. The zero-order chi connectivity index (χ0) is 23.7. The van der Waals surface area contributed by atoms with Crippen molar-refractivity contribution in [3.05, 3.63) is 101 Å². The Balaban J connectivity index is 1.45. The van der Waals surface area contributed by atoms with Gasteiger partial charge >= 0.3 is 0 Å². The van der Waals surface area contributed by atoms with Gasteiger partial charge < -0.3 is 4.74 Å². The second kappa shape index (κ2) is 9.05. The molecule has 0 unspecified atom stereocenters. The van der Waals surface area contributed by atoms with Crippen LogP contribution in [0.5, 0.6) is 11.5 Å². The monoisotopic (exact) mass is 485 g/mol. The zero-order valence-corrected chi connectivity index (χ0v) is 19.1. The summed E-state index contributed by atoms with van der Waals surface area (Å²) in [6.45, 7) is 0. The summed E-state index contributed by atoms with van der Waals surface area (Å²) in [6.07, 6.45) is 1.43. The van der Waals surface area contributed by atoms with Crippen molar-refractivity contribution in [2.75, 3.05) is 4.90 Å². The van der Waals surface area contributed by atoms with Crippen molar-refractivity contribution in [2.24, 2.45) is 0 Å². The predicted molar refractivity (Wildman–Crippen MR) is 136 cm³/mol. The van der Waals surface area contributed by atoms with Gasteiger partial charge in [-0.3, -0.25) is 19.8 Å². The van der Waals surface area contributed by atoms with Gasteiger partial charge in [0.1, 0.15) is 22.2 Å². The number of ether oxygens (including phenoxy) is 1. The highest BCUT2D eigenvalue weighted by molar-refractivity contribution is 7.80. The number of anilines is 1. The molecule has 5 rings (SSSR count). The number of amides is 2. The highest BCUT2D eigenvalue weighted by Gasteiger charge is 2.34.